The summed E-state index contributed by atoms with van der Waals surface area (Å²) in [6.07, 6.45) is 0.765. The van der Waals surface area contributed by atoms with Crippen molar-refractivity contribution < 1.29 is 24.3 Å². The van der Waals surface area contributed by atoms with Gasteiger partial charge in [0.05, 0.1) is 32.8 Å². The molecule has 6 heteroatoms. The Kier molecular flexibility index (Phi) is 8.51. The zero-order valence-electron chi connectivity index (χ0n) is 20.9. The van der Waals surface area contributed by atoms with Gasteiger partial charge in [-0.2, -0.15) is 0 Å². The van der Waals surface area contributed by atoms with Crippen LogP contribution in [0, 0.1) is 0 Å². The van der Waals surface area contributed by atoms with Gasteiger partial charge in [-0.3, -0.25) is 9.59 Å². The lowest BCUT2D eigenvalue weighted by Crippen LogP contribution is -3.11. The third kappa shape index (κ3) is 5.33. The molecular weight excluding hydrogens is 428 g/mol. The molecule has 1 amide bonds. The Hall–Kier alpha value is -3.12. The molecule has 2 aromatic carbocycles. The zero-order valence-corrected chi connectivity index (χ0v) is 20.9. The molecule has 0 aromatic heterocycles. The van der Waals surface area contributed by atoms with Crippen LogP contribution in [-0.2, 0) is 9.59 Å². The van der Waals surface area contributed by atoms with E-state index in [9.17, 15) is 14.7 Å². The van der Waals surface area contributed by atoms with Gasteiger partial charge in [-0.1, -0.05) is 56.0 Å². The molecule has 1 saturated heterocycles. The largest absolute Gasteiger partial charge is 0.872 e. The van der Waals surface area contributed by atoms with Gasteiger partial charge in [0.15, 0.2) is 0 Å². The number of benzene rings is 2. The number of nitrogens with zero attached hydrogens (tertiary/aromatic N) is 1. The van der Waals surface area contributed by atoms with Crippen molar-refractivity contribution in [2.24, 2.45) is 0 Å². The maximum Gasteiger partial charge on any atom is 0.295 e. The fraction of sp³-hybridized carbons (Fsp3) is 0.429. The van der Waals surface area contributed by atoms with Crippen LogP contribution in [0.15, 0.2) is 54.1 Å². The predicted molar refractivity (Wildman–Crippen MR) is 131 cm³/mol. The number of methoxy groups -OCH3 is 1. The molecule has 1 fully saturated rings. The third-order valence-electron chi connectivity index (χ3n) is 6.73. The maximum absolute atomic E-state index is 13.5. The normalized spacial score (nSPS) is 17.7. The maximum atomic E-state index is 13.5. The van der Waals surface area contributed by atoms with Crippen molar-refractivity contribution >= 4 is 17.4 Å². The Labute approximate surface area is 202 Å². The summed E-state index contributed by atoms with van der Waals surface area (Å²) in [5.74, 6) is -0.718. The van der Waals surface area contributed by atoms with Gasteiger partial charge in [-0.05, 0) is 48.6 Å². The smallest absolute Gasteiger partial charge is 0.295 e. The van der Waals surface area contributed by atoms with Crippen LogP contribution < -0.4 is 14.7 Å². The summed E-state index contributed by atoms with van der Waals surface area (Å²) in [4.78, 5) is 29.3. The first kappa shape index (κ1) is 25.5. The minimum atomic E-state index is -0.700. The first-order valence-electron chi connectivity index (χ1n) is 12.2. The SMILES string of the molecule is CC[NH+](CC)CCCN1C(=O)C(=O)C(=C([O-])c2ccc(OC)cc2)C1c1ccc(C(C)C)cc1. The lowest BCUT2D eigenvalue weighted by atomic mass is 9.93. The highest BCUT2D eigenvalue weighted by Crippen LogP contribution is 2.39. The van der Waals surface area contributed by atoms with Gasteiger partial charge in [0, 0.05) is 18.5 Å². The summed E-state index contributed by atoms with van der Waals surface area (Å²) in [6.45, 7) is 11.9. The highest BCUT2D eigenvalue weighted by Gasteiger charge is 2.44. The zero-order chi connectivity index (χ0) is 24.8. The molecule has 1 N–H and O–H groups in total. The van der Waals surface area contributed by atoms with E-state index in [1.807, 2.05) is 24.3 Å². The summed E-state index contributed by atoms with van der Waals surface area (Å²) in [5.41, 5.74) is 2.35. The average Bonchev–Trinajstić information content (AvgIpc) is 3.11. The molecule has 2 aromatic rings. The highest BCUT2D eigenvalue weighted by molar-refractivity contribution is 6.46. The van der Waals surface area contributed by atoms with E-state index in [0.717, 1.165) is 31.6 Å². The number of hydrogen-bond donors (Lipinski definition) is 1. The Morgan fingerprint density at radius 3 is 2.18 bits per heavy atom. The summed E-state index contributed by atoms with van der Waals surface area (Å²) in [7, 11) is 1.55. The number of nitrogens with one attached hydrogen (secondary N) is 1. The van der Waals surface area contributed by atoms with Gasteiger partial charge in [-0.15, -0.1) is 0 Å². The monoisotopic (exact) mass is 464 g/mol. The van der Waals surface area contributed by atoms with Crippen LogP contribution in [0.25, 0.3) is 5.76 Å². The first-order valence-corrected chi connectivity index (χ1v) is 12.2. The molecule has 1 unspecified atom stereocenters. The second-order valence-electron chi connectivity index (χ2n) is 9.08. The number of carbonyl (C=O) groups is 2. The number of amides is 1. The highest BCUT2D eigenvalue weighted by atomic mass is 16.5. The molecule has 0 saturated carbocycles. The van der Waals surface area contributed by atoms with Gasteiger partial charge in [-0.25, -0.2) is 0 Å². The second-order valence-corrected chi connectivity index (χ2v) is 9.08. The number of rotatable bonds is 10. The molecule has 0 spiro atoms. The second kappa shape index (κ2) is 11.3. The average molecular weight is 465 g/mol. The van der Waals surface area contributed by atoms with Crippen molar-refractivity contribution in [2.45, 2.75) is 46.1 Å². The van der Waals surface area contributed by atoms with E-state index in [1.165, 1.54) is 10.5 Å². The molecule has 3 rings (SSSR count). The van der Waals surface area contributed by atoms with E-state index in [-0.39, 0.29) is 5.57 Å². The van der Waals surface area contributed by atoms with Gasteiger partial charge in [0.25, 0.3) is 5.91 Å². The van der Waals surface area contributed by atoms with Crippen LogP contribution >= 0.6 is 0 Å². The van der Waals surface area contributed by atoms with Gasteiger partial charge in [0.2, 0.25) is 5.78 Å². The molecule has 1 aliphatic rings. The molecule has 1 atom stereocenters. The van der Waals surface area contributed by atoms with Crippen LogP contribution in [0.4, 0.5) is 0 Å². The topological polar surface area (TPSA) is 74.1 Å². The molecule has 1 heterocycles. The standard InChI is InChI=1S/C28H36N2O4/c1-6-29(7-2)17-8-18-30-25(21-11-9-20(10-12-21)19(3)4)24(27(32)28(30)33)26(31)22-13-15-23(34-5)16-14-22/h9-16,19,25,31H,6-8,17-18H2,1-5H3. The van der Waals surface area contributed by atoms with Gasteiger partial charge in [0.1, 0.15) is 5.75 Å². The van der Waals surface area contributed by atoms with E-state index < -0.39 is 23.5 Å². The third-order valence-corrected chi connectivity index (χ3v) is 6.73. The minimum Gasteiger partial charge on any atom is -0.872 e. The molecule has 1 aliphatic heterocycles. The van der Waals surface area contributed by atoms with Gasteiger partial charge < -0.3 is 19.6 Å². The van der Waals surface area contributed by atoms with E-state index >= 15 is 0 Å². The number of quaternary nitrogens is 1. The van der Waals surface area contributed by atoms with Gasteiger partial charge >= 0.3 is 0 Å². The van der Waals surface area contributed by atoms with E-state index in [2.05, 4.69) is 27.7 Å². The number of ketones is 1. The molecular formula is C28H36N2O4. The van der Waals surface area contributed by atoms with Crippen LogP contribution in [0.2, 0.25) is 0 Å². The van der Waals surface area contributed by atoms with E-state index in [4.69, 9.17) is 4.74 Å². The summed E-state index contributed by atoms with van der Waals surface area (Å²) >= 11 is 0. The van der Waals surface area contributed by atoms with Crippen molar-refractivity contribution in [2.75, 3.05) is 33.3 Å². The lowest BCUT2D eigenvalue weighted by Gasteiger charge is -2.28. The van der Waals surface area contributed by atoms with E-state index in [0.29, 0.717) is 23.8 Å². The van der Waals surface area contributed by atoms with Crippen LogP contribution in [-0.4, -0.2) is 49.9 Å². The summed E-state index contributed by atoms with van der Waals surface area (Å²) in [6, 6.07) is 13.9. The quantitative estimate of drug-likeness (QED) is 0.333. The summed E-state index contributed by atoms with van der Waals surface area (Å²) in [5, 5.41) is 13.5. The van der Waals surface area contributed by atoms with Crippen molar-refractivity contribution in [3.8, 4) is 5.75 Å². The lowest BCUT2D eigenvalue weighted by molar-refractivity contribution is -0.896. The van der Waals surface area contributed by atoms with Crippen molar-refractivity contribution in [3.63, 3.8) is 0 Å². The van der Waals surface area contributed by atoms with Crippen LogP contribution in [0.5, 0.6) is 5.75 Å². The van der Waals surface area contributed by atoms with Crippen molar-refractivity contribution in [1.29, 1.82) is 0 Å². The van der Waals surface area contributed by atoms with E-state index in [1.54, 1.807) is 36.3 Å². The van der Waals surface area contributed by atoms with Crippen LogP contribution in [0.3, 0.4) is 0 Å². The number of carbonyl (C=O) groups excluding carboxylic acids is 2. The minimum absolute atomic E-state index is 0.0302. The molecule has 182 valence electrons. The van der Waals surface area contributed by atoms with Crippen molar-refractivity contribution in [3.05, 3.63) is 70.8 Å². The number of ether oxygens (including phenoxy) is 1. The fourth-order valence-electron chi connectivity index (χ4n) is 4.51. The Bertz CT molecular complexity index is 1020. The first-order chi connectivity index (χ1) is 16.3. The number of likely N-dealkylation sites (tertiary alicyclic amines) is 1. The Morgan fingerprint density at radius 1 is 1.03 bits per heavy atom. The Morgan fingerprint density at radius 2 is 1.65 bits per heavy atom. The fourth-order valence-corrected chi connectivity index (χ4v) is 4.51. The Balaban J connectivity index is 2.03. The number of Topliss-reactive ketones (excluding diaryl/α,β-unsaturated/α-hetero) is 1. The molecule has 0 aliphatic carbocycles. The molecule has 34 heavy (non-hydrogen) atoms. The molecule has 0 bridgehead atoms. The van der Waals surface area contributed by atoms with Crippen LogP contribution in [0.1, 0.15) is 62.8 Å². The van der Waals surface area contributed by atoms with Crippen molar-refractivity contribution in [1.82, 2.24) is 4.90 Å². The summed E-state index contributed by atoms with van der Waals surface area (Å²) < 4.78 is 5.18. The molecule has 6 nitrogen and oxygen atoms in total. The predicted octanol–water partition coefficient (Wildman–Crippen LogP) is 2.36. The number of hydrogen-bond acceptors (Lipinski definition) is 4. The molecule has 0 radical (unpaired) electrons.